The van der Waals surface area contributed by atoms with Gasteiger partial charge < -0.3 is 9.72 Å². The highest BCUT2D eigenvalue weighted by molar-refractivity contribution is 5.82. The Hall–Kier alpha value is -2.58. The Labute approximate surface area is 207 Å². The zero-order valence-electron chi connectivity index (χ0n) is 21.3. The molecule has 2 aromatic heterocycles. The fraction of sp³-hybridized carbons (Fsp3) is 0.630. The van der Waals surface area contributed by atoms with Crippen molar-refractivity contribution >= 4 is 10.9 Å². The summed E-state index contributed by atoms with van der Waals surface area (Å²) in [5, 5.41) is 14.0. The van der Waals surface area contributed by atoms with E-state index < -0.39 is 0 Å². The number of ether oxygens (including phenoxy) is 1. The molecule has 0 spiro atoms. The monoisotopic (exact) mass is 478 g/mol. The lowest BCUT2D eigenvalue weighted by molar-refractivity contribution is 0.0734. The maximum Gasteiger partial charge on any atom is 0.252 e. The third-order valence-electron chi connectivity index (χ3n) is 7.81. The van der Waals surface area contributed by atoms with Crippen LogP contribution in [0.25, 0.3) is 10.9 Å². The number of aryl methyl sites for hydroxylation is 2. The van der Waals surface area contributed by atoms with E-state index in [9.17, 15) is 4.79 Å². The average Bonchev–Trinajstić information content (AvgIpc) is 3.53. The van der Waals surface area contributed by atoms with Crippen LogP contribution in [0.5, 0.6) is 0 Å². The van der Waals surface area contributed by atoms with E-state index in [1.54, 1.807) is 0 Å². The molecule has 1 N–H and O–H groups in total. The minimum atomic E-state index is -0.000868. The van der Waals surface area contributed by atoms with Crippen molar-refractivity contribution in [2.45, 2.75) is 103 Å². The van der Waals surface area contributed by atoms with Gasteiger partial charge in [0.25, 0.3) is 5.56 Å². The van der Waals surface area contributed by atoms with Crippen LogP contribution in [0.15, 0.2) is 23.0 Å². The number of rotatable bonds is 8. The van der Waals surface area contributed by atoms with Crippen molar-refractivity contribution in [3.8, 4) is 0 Å². The first-order chi connectivity index (χ1) is 17.0. The summed E-state index contributed by atoms with van der Waals surface area (Å²) in [7, 11) is 0. The summed E-state index contributed by atoms with van der Waals surface area (Å²) in [5.41, 5.74) is 4.05. The van der Waals surface area contributed by atoms with Crippen LogP contribution >= 0.6 is 0 Å². The number of fused-ring (bicyclic) bond motifs is 1. The van der Waals surface area contributed by atoms with Gasteiger partial charge in [-0.1, -0.05) is 37.8 Å². The van der Waals surface area contributed by atoms with Gasteiger partial charge in [-0.15, -0.1) is 5.10 Å². The Morgan fingerprint density at radius 3 is 2.71 bits per heavy atom. The molecule has 0 bridgehead atoms. The van der Waals surface area contributed by atoms with Gasteiger partial charge in [-0.05, 0) is 79.5 Å². The highest BCUT2D eigenvalue weighted by Gasteiger charge is 2.32. The van der Waals surface area contributed by atoms with Crippen LogP contribution < -0.4 is 5.56 Å². The SMILES string of the molecule is CC[C@@H](c1nnnn1C[C@@H]1CCCO1)N(Cc1cc2cc(C)cc(C)c2[nH]c1=O)C1CCCCC1. The first-order valence-electron chi connectivity index (χ1n) is 13.3. The molecule has 2 fully saturated rings. The van der Waals surface area contributed by atoms with Gasteiger partial charge in [0.1, 0.15) is 0 Å². The molecule has 1 saturated heterocycles. The highest BCUT2D eigenvalue weighted by Crippen LogP contribution is 2.33. The molecule has 3 aromatic rings. The van der Waals surface area contributed by atoms with Crippen molar-refractivity contribution < 1.29 is 4.74 Å². The van der Waals surface area contributed by atoms with Gasteiger partial charge in [0.2, 0.25) is 0 Å². The minimum absolute atomic E-state index is 0.000868. The summed E-state index contributed by atoms with van der Waals surface area (Å²) < 4.78 is 7.81. The summed E-state index contributed by atoms with van der Waals surface area (Å²) in [6, 6.07) is 6.82. The highest BCUT2D eigenvalue weighted by atomic mass is 16.5. The first kappa shape index (κ1) is 24.1. The van der Waals surface area contributed by atoms with Crippen molar-refractivity contribution in [1.82, 2.24) is 30.1 Å². The molecule has 3 heterocycles. The van der Waals surface area contributed by atoms with Crippen molar-refractivity contribution in [3.05, 3.63) is 51.1 Å². The summed E-state index contributed by atoms with van der Waals surface area (Å²) in [4.78, 5) is 18.9. The number of aromatic amines is 1. The van der Waals surface area contributed by atoms with Gasteiger partial charge in [-0.25, -0.2) is 4.68 Å². The van der Waals surface area contributed by atoms with E-state index in [2.05, 4.69) is 64.4 Å². The van der Waals surface area contributed by atoms with E-state index >= 15 is 0 Å². The van der Waals surface area contributed by atoms with Crippen LogP contribution in [0, 0.1) is 13.8 Å². The number of benzene rings is 1. The number of nitrogens with one attached hydrogen (secondary N) is 1. The zero-order valence-corrected chi connectivity index (χ0v) is 21.3. The largest absolute Gasteiger partial charge is 0.376 e. The van der Waals surface area contributed by atoms with E-state index in [0.29, 0.717) is 19.1 Å². The number of hydrogen-bond acceptors (Lipinski definition) is 6. The van der Waals surface area contributed by atoms with Crippen LogP contribution in [0.4, 0.5) is 0 Å². The van der Waals surface area contributed by atoms with E-state index in [4.69, 9.17) is 4.74 Å². The molecular weight excluding hydrogens is 440 g/mol. The summed E-state index contributed by atoms with van der Waals surface area (Å²) >= 11 is 0. The molecule has 1 saturated carbocycles. The van der Waals surface area contributed by atoms with E-state index in [0.717, 1.165) is 66.6 Å². The number of H-pyrrole nitrogens is 1. The molecule has 5 rings (SSSR count). The van der Waals surface area contributed by atoms with Crippen LogP contribution in [0.3, 0.4) is 0 Å². The van der Waals surface area contributed by atoms with Gasteiger partial charge in [0.15, 0.2) is 5.82 Å². The quantitative estimate of drug-likeness (QED) is 0.509. The lowest BCUT2D eigenvalue weighted by atomic mass is 9.92. The van der Waals surface area contributed by atoms with Crippen molar-refractivity contribution in [3.63, 3.8) is 0 Å². The minimum Gasteiger partial charge on any atom is -0.376 e. The Bertz CT molecular complexity index is 1210. The van der Waals surface area contributed by atoms with E-state index in [-0.39, 0.29) is 17.7 Å². The maximum atomic E-state index is 13.2. The average molecular weight is 479 g/mol. The molecule has 2 atom stereocenters. The number of pyridine rings is 1. The van der Waals surface area contributed by atoms with Gasteiger partial charge in [-0.2, -0.15) is 0 Å². The molecule has 0 amide bonds. The second-order valence-corrected chi connectivity index (χ2v) is 10.4. The van der Waals surface area contributed by atoms with Gasteiger partial charge in [-0.3, -0.25) is 9.69 Å². The van der Waals surface area contributed by atoms with Gasteiger partial charge in [0, 0.05) is 24.8 Å². The second kappa shape index (κ2) is 10.6. The molecule has 1 aliphatic heterocycles. The predicted octanol–water partition coefficient (Wildman–Crippen LogP) is 4.60. The number of tetrazole rings is 1. The van der Waals surface area contributed by atoms with E-state index in [1.807, 2.05) is 4.68 Å². The molecule has 0 radical (unpaired) electrons. The topological polar surface area (TPSA) is 88.9 Å². The van der Waals surface area contributed by atoms with E-state index in [1.165, 1.54) is 24.8 Å². The number of hydrogen-bond donors (Lipinski definition) is 1. The summed E-state index contributed by atoms with van der Waals surface area (Å²) in [5.74, 6) is 0.887. The molecule has 188 valence electrons. The molecule has 1 aliphatic carbocycles. The van der Waals surface area contributed by atoms with Crippen LogP contribution in [0.1, 0.15) is 86.8 Å². The molecule has 8 nitrogen and oxygen atoms in total. The Balaban J connectivity index is 1.50. The van der Waals surface area contributed by atoms with Gasteiger partial charge >= 0.3 is 0 Å². The smallest absolute Gasteiger partial charge is 0.252 e. The van der Waals surface area contributed by atoms with Crippen LogP contribution in [0.2, 0.25) is 0 Å². The van der Waals surface area contributed by atoms with Crippen molar-refractivity contribution in [2.24, 2.45) is 0 Å². The Morgan fingerprint density at radius 2 is 1.97 bits per heavy atom. The summed E-state index contributed by atoms with van der Waals surface area (Å²) in [6.07, 6.45) is 9.23. The first-order valence-corrected chi connectivity index (χ1v) is 13.3. The normalized spacial score (nSPS) is 20.2. The molecule has 2 aliphatic rings. The fourth-order valence-electron chi connectivity index (χ4n) is 6.08. The third-order valence-corrected chi connectivity index (χ3v) is 7.81. The predicted molar refractivity (Wildman–Crippen MR) is 136 cm³/mol. The maximum absolute atomic E-state index is 13.2. The van der Waals surface area contributed by atoms with Gasteiger partial charge in [0.05, 0.1) is 24.2 Å². The second-order valence-electron chi connectivity index (χ2n) is 10.4. The van der Waals surface area contributed by atoms with Crippen molar-refractivity contribution in [1.29, 1.82) is 0 Å². The van der Waals surface area contributed by atoms with Crippen LogP contribution in [-0.4, -0.2) is 48.8 Å². The zero-order chi connectivity index (χ0) is 24.4. The fourth-order valence-corrected chi connectivity index (χ4v) is 6.08. The Morgan fingerprint density at radius 1 is 1.14 bits per heavy atom. The molecule has 35 heavy (non-hydrogen) atoms. The van der Waals surface area contributed by atoms with Crippen LogP contribution in [-0.2, 0) is 17.8 Å². The van der Waals surface area contributed by atoms with Crippen molar-refractivity contribution in [2.75, 3.05) is 6.61 Å². The lowest BCUT2D eigenvalue weighted by Gasteiger charge is -2.39. The standard InChI is InChI=1S/C27H38N6O2/c1-4-24(26-29-30-31-33(26)17-23-11-8-12-35-23)32(22-9-6-5-7-10-22)16-21-15-20-14-18(2)13-19(3)25(20)28-27(21)34/h13-15,22-24H,4-12,16-17H2,1-3H3,(H,28,34)/t23-,24-/m0/s1. The molecular formula is C27H38N6O2. The lowest BCUT2D eigenvalue weighted by Crippen LogP contribution is -2.41. The Kier molecular flexibility index (Phi) is 7.29. The molecule has 8 heteroatoms. The molecule has 1 aromatic carbocycles. The number of nitrogens with zero attached hydrogens (tertiary/aromatic N) is 5. The number of aromatic nitrogens is 5. The molecule has 0 unspecified atom stereocenters. The third kappa shape index (κ3) is 5.19. The summed E-state index contributed by atoms with van der Waals surface area (Å²) in [6.45, 7) is 8.45.